The molecule has 2 heterocycles. The summed E-state index contributed by atoms with van der Waals surface area (Å²) in [6.45, 7) is 3.59. The Labute approximate surface area is 211 Å². The maximum absolute atomic E-state index is 12.6. The second-order valence-corrected chi connectivity index (χ2v) is 8.15. The number of anilines is 2. The molecule has 1 aliphatic heterocycles. The van der Waals surface area contributed by atoms with E-state index in [9.17, 15) is 18.0 Å². The van der Waals surface area contributed by atoms with Crippen LogP contribution in [0, 0.1) is 0 Å². The van der Waals surface area contributed by atoms with Gasteiger partial charge in [-0.15, -0.1) is 13.2 Å². The molecule has 2 aromatic carbocycles. The number of pyridine rings is 1. The molecule has 1 aromatic heterocycles. The van der Waals surface area contributed by atoms with Crippen molar-refractivity contribution in [2.75, 3.05) is 30.5 Å². The van der Waals surface area contributed by atoms with Crippen LogP contribution in [0.1, 0.15) is 25.3 Å². The zero-order valence-corrected chi connectivity index (χ0v) is 20.0. The molecule has 11 heteroatoms. The maximum Gasteiger partial charge on any atom is 0.573 e. The van der Waals surface area contributed by atoms with Gasteiger partial charge in [0, 0.05) is 50.1 Å². The number of rotatable bonds is 8. The van der Waals surface area contributed by atoms with Crippen LogP contribution in [0.5, 0.6) is 17.4 Å². The summed E-state index contributed by atoms with van der Waals surface area (Å²) >= 11 is 0. The summed E-state index contributed by atoms with van der Waals surface area (Å²) in [6.07, 6.45) is -1.92. The summed E-state index contributed by atoms with van der Waals surface area (Å²) < 4.78 is 58.8. The van der Waals surface area contributed by atoms with Crippen molar-refractivity contribution >= 4 is 17.4 Å². The van der Waals surface area contributed by atoms with Crippen molar-refractivity contribution in [3.05, 3.63) is 72.4 Å². The summed E-state index contributed by atoms with van der Waals surface area (Å²) in [5, 5.41) is 5.22. The molecule has 0 atom stereocenters. The number of ether oxygens (including phenoxy) is 4. The van der Waals surface area contributed by atoms with E-state index in [0.29, 0.717) is 44.1 Å². The summed E-state index contributed by atoms with van der Waals surface area (Å²) in [6, 6.07) is 14.9. The van der Waals surface area contributed by atoms with Crippen LogP contribution in [0.3, 0.4) is 0 Å². The molecule has 1 fully saturated rings. The normalized spacial score (nSPS) is 15.0. The van der Waals surface area contributed by atoms with E-state index < -0.39 is 23.7 Å². The third kappa shape index (κ3) is 6.89. The molecule has 0 radical (unpaired) electrons. The van der Waals surface area contributed by atoms with Crippen LogP contribution in [-0.4, -0.2) is 37.2 Å². The number of carbonyl (C=O) groups is 1. The van der Waals surface area contributed by atoms with E-state index in [1.807, 2.05) is 31.2 Å². The van der Waals surface area contributed by atoms with Crippen molar-refractivity contribution in [2.24, 2.45) is 0 Å². The minimum atomic E-state index is -4.80. The highest BCUT2D eigenvalue weighted by Gasteiger charge is 2.38. The molecule has 0 aliphatic carbocycles. The monoisotopic (exact) mass is 517 g/mol. The molecule has 0 spiro atoms. The summed E-state index contributed by atoms with van der Waals surface area (Å²) in [5.74, 6) is 0.312. The molecule has 1 saturated heterocycles. The van der Waals surface area contributed by atoms with Crippen molar-refractivity contribution in [3.63, 3.8) is 0 Å². The van der Waals surface area contributed by atoms with Crippen LogP contribution < -0.4 is 20.1 Å². The van der Waals surface area contributed by atoms with E-state index in [1.54, 1.807) is 12.1 Å². The minimum Gasteiger partial charge on any atom is -0.437 e. The summed E-state index contributed by atoms with van der Waals surface area (Å²) in [7, 11) is 0. The van der Waals surface area contributed by atoms with Gasteiger partial charge < -0.3 is 29.6 Å². The minimum absolute atomic E-state index is 0.165. The molecule has 3 aromatic rings. The summed E-state index contributed by atoms with van der Waals surface area (Å²) in [4.78, 5) is 16.9. The molecule has 8 nitrogen and oxygen atoms in total. The Morgan fingerprint density at radius 2 is 1.76 bits per heavy atom. The van der Waals surface area contributed by atoms with Gasteiger partial charge in [-0.2, -0.15) is 0 Å². The highest BCUT2D eigenvalue weighted by Crippen LogP contribution is 2.42. The maximum atomic E-state index is 12.6. The SMILES string of the molecule is CCOC1(c2ccccc2Oc2ncccc2NC(=O)Nc2ccc(OC(F)(F)F)cc2)CCOCC1. The van der Waals surface area contributed by atoms with E-state index >= 15 is 0 Å². The number of hydrogen-bond acceptors (Lipinski definition) is 6. The molecule has 4 rings (SSSR count). The van der Waals surface area contributed by atoms with E-state index in [1.165, 1.54) is 18.3 Å². The Balaban J connectivity index is 1.49. The number of carbonyl (C=O) groups excluding carboxylic acids is 1. The Bertz CT molecular complexity index is 1190. The number of urea groups is 1. The first-order valence-corrected chi connectivity index (χ1v) is 11.7. The van der Waals surface area contributed by atoms with Crippen LogP contribution in [0.25, 0.3) is 0 Å². The Morgan fingerprint density at radius 1 is 1.03 bits per heavy atom. The van der Waals surface area contributed by atoms with E-state index in [2.05, 4.69) is 20.4 Å². The smallest absolute Gasteiger partial charge is 0.437 e. The lowest BCUT2D eigenvalue weighted by Crippen LogP contribution is -2.37. The Kier molecular flexibility index (Phi) is 8.14. The van der Waals surface area contributed by atoms with E-state index in [4.69, 9.17) is 14.2 Å². The van der Waals surface area contributed by atoms with Gasteiger partial charge in [-0.25, -0.2) is 9.78 Å². The first-order chi connectivity index (χ1) is 17.8. The van der Waals surface area contributed by atoms with Gasteiger partial charge in [-0.05, 0) is 49.4 Å². The Hall–Kier alpha value is -3.83. The number of alkyl halides is 3. The lowest BCUT2D eigenvalue weighted by molar-refractivity contribution is -0.274. The van der Waals surface area contributed by atoms with Gasteiger partial charge in [0.2, 0.25) is 5.88 Å². The quantitative estimate of drug-likeness (QED) is 0.357. The molecule has 2 N–H and O–H groups in total. The third-order valence-electron chi connectivity index (χ3n) is 5.67. The second kappa shape index (κ2) is 11.5. The molecular weight excluding hydrogens is 491 g/mol. The molecule has 0 bridgehead atoms. The fourth-order valence-electron chi connectivity index (χ4n) is 4.10. The van der Waals surface area contributed by atoms with Crippen molar-refractivity contribution < 1.29 is 36.9 Å². The van der Waals surface area contributed by atoms with E-state index in [-0.39, 0.29) is 11.6 Å². The van der Waals surface area contributed by atoms with Crippen molar-refractivity contribution in [1.82, 2.24) is 4.98 Å². The van der Waals surface area contributed by atoms with Crippen LogP contribution in [0.15, 0.2) is 66.9 Å². The van der Waals surface area contributed by atoms with Crippen LogP contribution in [0.2, 0.25) is 0 Å². The zero-order chi connectivity index (χ0) is 26.3. The van der Waals surface area contributed by atoms with Gasteiger partial charge in [0.25, 0.3) is 0 Å². The Morgan fingerprint density at radius 3 is 2.46 bits per heavy atom. The predicted octanol–water partition coefficient (Wildman–Crippen LogP) is 6.46. The van der Waals surface area contributed by atoms with Crippen molar-refractivity contribution in [3.8, 4) is 17.4 Å². The first-order valence-electron chi connectivity index (χ1n) is 11.7. The standard InChI is InChI=1S/C26H26F3N3O5/c1-2-35-25(13-16-34-17-14-25)20-6-3-4-8-22(20)36-23-21(7-5-15-30-23)32-24(33)31-18-9-11-19(12-10-18)37-26(27,28)29/h3-12,15H,2,13-14,16-17H2,1H3,(H2,31,32,33). The number of hydrogen-bond donors (Lipinski definition) is 2. The first kappa shape index (κ1) is 26.2. The fourth-order valence-corrected chi connectivity index (χ4v) is 4.10. The van der Waals surface area contributed by atoms with Crippen LogP contribution in [-0.2, 0) is 15.1 Å². The van der Waals surface area contributed by atoms with E-state index in [0.717, 1.165) is 17.7 Å². The number of para-hydroxylation sites is 1. The van der Waals surface area contributed by atoms with Gasteiger partial charge in [0.15, 0.2) is 0 Å². The van der Waals surface area contributed by atoms with Crippen molar-refractivity contribution in [1.29, 1.82) is 0 Å². The molecule has 2 amide bonds. The third-order valence-corrected chi connectivity index (χ3v) is 5.67. The van der Waals surface area contributed by atoms with Crippen LogP contribution >= 0.6 is 0 Å². The molecule has 1 aliphatic rings. The average molecular weight is 518 g/mol. The lowest BCUT2D eigenvalue weighted by Gasteiger charge is -2.38. The van der Waals surface area contributed by atoms with Gasteiger partial charge in [0.1, 0.15) is 22.8 Å². The average Bonchev–Trinajstić information content (AvgIpc) is 2.87. The number of nitrogens with one attached hydrogen (secondary N) is 2. The lowest BCUT2D eigenvalue weighted by atomic mass is 9.85. The van der Waals surface area contributed by atoms with Gasteiger partial charge in [-0.3, -0.25) is 0 Å². The highest BCUT2D eigenvalue weighted by molar-refractivity contribution is 6.00. The summed E-state index contributed by atoms with van der Waals surface area (Å²) in [5.41, 5.74) is 0.860. The molecule has 37 heavy (non-hydrogen) atoms. The van der Waals surface area contributed by atoms with Crippen LogP contribution in [0.4, 0.5) is 29.3 Å². The molecular formula is C26H26F3N3O5. The number of nitrogens with zero attached hydrogens (tertiary/aromatic N) is 1. The van der Waals surface area contributed by atoms with Gasteiger partial charge in [0.05, 0.1) is 0 Å². The second-order valence-electron chi connectivity index (χ2n) is 8.15. The number of aromatic nitrogens is 1. The highest BCUT2D eigenvalue weighted by atomic mass is 19.4. The predicted molar refractivity (Wildman–Crippen MR) is 130 cm³/mol. The molecule has 0 saturated carbocycles. The molecule has 196 valence electrons. The topological polar surface area (TPSA) is 90.9 Å². The number of benzene rings is 2. The molecule has 0 unspecified atom stereocenters. The zero-order valence-electron chi connectivity index (χ0n) is 20.0. The number of amides is 2. The fraction of sp³-hybridized carbons (Fsp3) is 0.308. The van der Waals surface area contributed by atoms with Gasteiger partial charge >= 0.3 is 12.4 Å². The van der Waals surface area contributed by atoms with Gasteiger partial charge in [-0.1, -0.05) is 18.2 Å². The number of halogens is 3. The largest absolute Gasteiger partial charge is 0.573 e. The van der Waals surface area contributed by atoms with Crippen molar-refractivity contribution in [2.45, 2.75) is 31.7 Å².